The van der Waals surface area contributed by atoms with E-state index in [2.05, 4.69) is 5.32 Å². The summed E-state index contributed by atoms with van der Waals surface area (Å²) >= 11 is 2.60. The van der Waals surface area contributed by atoms with Crippen molar-refractivity contribution in [2.45, 2.75) is 43.4 Å². The number of carbonyl (C=O) groups is 5. The van der Waals surface area contributed by atoms with E-state index in [4.69, 9.17) is 14.2 Å². The predicted octanol–water partition coefficient (Wildman–Crippen LogP) is -1.71. The van der Waals surface area contributed by atoms with E-state index in [-0.39, 0.29) is 70.1 Å². The number of carboxylic acids is 1. The fourth-order valence-electron chi connectivity index (χ4n) is 4.07. The van der Waals surface area contributed by atoms with Crippen molar-refractivity contribution >= 4 is 52.8 Å². The maximum Gasteiger partial charge on any atom is 1.00 e. The summed E-state index contributed by atoms with van der Waals surface area (Å²) in [5, 5.41) is 13.1. The number of nitrogens with zero attached hydrogens (tertiary/aromatic N) is 1. The molecule has 0 saturated carbocycles. The van der Waals surface area contributed by atoms with E-state index in [1.165, 1.54) is 30.2 Å². The fraction of sp³-hybridized carbons (Fsp3) is 0.522. The van der Waals surface area contributed by atoms with E-state index in [0.29, 0.717) is 0 Å². The first-order chi connectivity index (χ1) is 17.2. The molecule has 0 aromatic carbocycles. The van der Waals surface area contributed by atoms with E-state index in [0.717, 1.165) is 9.78 Å². The molecule has 2 aliphatic rings. The van der Waals surface area contributed by atoms with Crippen molar-refractivity contribution in [3.05, 3.63) is 33.7 Å². The second-order valence-corrected chi connectivity index (χ2v) is 10.3. The van der Waals surface area contributed by atoms with Gasteiger partial charge in [-0.25, -0.2) is 4.79 Å². The SMILES string of the molecule is CCOC(=O)C(CC1S[C@@H]2C(NC(=O)Cc3cccs3)C(=O)N2C(C(=O)O)=C1COC)C(=O)OCC.[H-].[Li+]. The average molecular weight is 549 g/mol. The van der Waals surface area contributed by atoms with Crippen LogP contribution >= 0.6 is 23.1 Å². The van der Waals surface area contributed by atoms with Crippen LogP contribution in [0.2, 0.25) is 0 Å². The molecule has 0 spiro atoms. The van der Waals surface area contributed by atoms with E-state index in [1.807, 2.05) is 11.4 Å². The van der Waals surface area contributed by atoms with Gasteiger partial charge in [-0.15, -0.1) is 23.1 Å². The number of hydrogen-bond donors (Lipinski definition) is 2. The molecule has 3 rings (SSSR count). The Hall–Kier alpha value is -2.30. The first kappa shape index (κ1) is 30.9. The van der Waals surface area contributed by atoms with E-state index >= 15 is 0 Å². The molecule has 2 unspecified atom stereocenters. The molecule has 1 aromatic rings. The first-order valence-electron chi connectivity index (χ1n) is 11.3. The molecule has 3 atom stereocenters. The summed E-state index contributed by atoms with van der Waals surface area (Å²) in [6.45, 7) is 3.18. The molecular weight excluding hydrogens is 519 g/mol. The van der Waals surface area contributed by atoms with E-state index < -0.39 is 46.4 Å². The standard InChI is InChI=1S/C23H28N2O9S2.Li.H/c1-4-33-22(30)13(23(31)34-5-2)10-15-14(11-32-3)18(21(28)29)25-19(27)17(20(25)36-15)24-16(26)9-12-7-6-8-35-12;;/h6-8,13,15,17,20H,4-5,9-11H2,1-3H3,(H,24,26)(H,28,29);;/q;+1;-1/t15?,17?,20-;;/m1../s1. The van der Waals surface area contributed by atoms with Crippen LogP contribution in [0.15, 0.2) is 28.8 Å². The number of aliphatic carboxylic acids is 1. The summed E-state index contributed by atoms with van der Waals surface area (Å²) in [7, 11) is 1.37. The Bertz CT molecular complexity index is 1040. The Kier molecular flexibility index (Phi) is 11.7. The number of carboxylic acid groups (broad SMARTS) is 1. The number of rotatable bonds is 12. The number of methoxy groups -OCH3 is 1. The Morgan fingerprint density at radius 3 is 2.35 bits per heavy atom. The molecule has 1 saturated heterocycles. The zero-order valence-corrected chi connectivity index (χ0v) is 22.7. The summed E-state index contributed by atoms with van der Waals surface area (Å²) in [5.74, 6) is -5.12. The number of hydrogen-bond acceptors (Lipinski definition) is 10. The minimum absolute atomic E-state index is 0. The van der Waals surface area contributed by atoms with Crippen molar-refractivity contribution < 1.29 is 63.6 Å². The van der Waals surface area contributed by atoms with Crippen molar-refractivity contribution in [3.63, 3.8) is 0 Å². The number of thioether (sulfide) groups is 1. The van der Waals surface area contributed by atoms with Crippen LogP contribution in [-0.4, -0.2) is 83.3 Å². The average Bonchev–Trinajstić information content (AvgIpc) is 3.34. The number of thiophene rings is 1. The molecule has 37 heavy (non-hydrogen) atoms. The number of nitrogens with one attached hydrogen (secondary N) is 1. The number of β-lactam (4-membered cyclic amide) rings is 1. The maximum atomic E-state index is 12.9. The Balaban J connectivity index is 0.00000361. The van der Waals surface area contributed by atoms with Gasteiger partial charge in [-0.2, -0.15) is 0 Å². The molecule has 0 bridgehead atoms. The zero-order valence-electron chi connectivity index (χ0n) is 22.1. The van der Waals surface area contributed by atoms with Gasteiger partial charge < -0.3 is 26.1 Å². The molecule has 0 aliphatic carbocycles. The number of amides is 2. The normalized spacial score (nSPS) is 20.5. The molecule has 2 amide bonds. The van der Waals surface area contributed by atoms with Gasteiger partial charge in [-0.1, -0.05) is 6.07 Å². The van der Waals surface area contributed by atoms with Crippen LogP contribution in [-0.2, 0) is 44.6 Å². The molecule has 3 heterocycles. The van der Waals surface area contributed by atoms with Gasteiger partial charge in [0.25, 0.3) is 5.91 Å². The molecule has 2 aliphatic heterocycles. The molecular formula is C23H29LiN2O9S2. The largest absolute Gasteiger partial charge is 1.00 e. The summed E-state index contributed by atoms with van der Waals surface area (Å²) in [4.78, 5) is 64.8. The van der Waals surface area contributed by atoms with Crippen LogP contribution in [0.25, 0.3) is 0 Å². The van der Waals surface area contributed by atoms with Gasteiger partial charge in [0, 0.05) is 17.2 Å². The zero-order chi connectivity index (χ0) is 26.4. The van der Waals surface area contributed by atoms with Crippen LogP contribution in [0.3, 0.4) is 0 Å². The third-order valence-electron chi connectivity index (χ3n) is 5.61. The van der Waals surface area contributed by atoms with Gasteiger partial charge in [0.15, 0.2) is 5.92 Å². The third-order valence-corrected chi connectivity index (χ3v) is 8.05. The second kappa shape index (κ2) is 14.0. The van der Waals surface area contributed by atoms with Crippen molar-refractivity contribution in [3.8, 4) is 0 Å². The summed E-state index contributed by atoms with van der Waals surface area (Å²) in [6, 6.07) is 2.67. The van der Waals surface area contributed by atoms with Crippen molar-refractivity contribution in [1.29, 1.82) is 0 Å². The molecule has 14 heteroatoms. The maximum absolute atomic E-state index is 12.9. The van der Waals surface area contributed by atoms with Gasteiger partial charge in [0.1, 0.15) is 17.1 Å². The van der Waals surface area contributed by atoms with Gasteiger partial charge in [-0.3, -0.25) is 24.1 Å². The number of carbonyl (C=O) groups excluding carboxylic acids is 4. The summed E-state index contributed by atoms with van der Waals surface area (Å²) in [5.41, 5.74) is -0.0209. The van der Waals surface area contributed by atoms with E-state index in [9.17, 15) is 29.1 Å². The monoisotopic (exact) mass is 548 g/mol. The smallest absolute Gasteiger partial charge is 1.00 e. The molecule has 2 N–H and O–H groups in total. The first-order valence-corrected chi connectivity index (χ1v) is 13.1. The van der Waals surface area contributed by atoms with Crippen molar-refractivity contribution in [1.82, 2.24) is 10.2 Å². The third kappa shape index (κ3) is 6.97. The number of fused-ring (bicyclic) bond motifs is 1. The quantitative estimate of drug-likeness (QED) is 0.134. The van der Waals surface area contributed by atoms with Gasteiger partial charge in [-0.05, 0) is 37.3 Å². The number of esters is 2. The molecule has 1 aromatic heterocycles. The molecule has 198 valence electrons. The topological polar surface area (TPSA) is 149 Å². The summed E-state index contributed by atoms with van der Waals surface area (Å²) < 4.78 is 15.3. The predicted molar refractivity (Wildman–Crippen MR) is 131 cm³/mol. The molecule has 11 nitrogen and oxygen atoms in total. The molecule has 0 radical (unpaired) electrons. The van der Waals surface area contributed by atoms with Crippen LogP contribution < -0.4 is 24.2 Å². The van der Waals surface area contributed by atoms with E-state index in [1.54, 1.807) is 19.9 Å². The van der Waals surface area contributed by atoms with Gasteiger partial charge >= 0.3 is 36.8 Å². The number of ether oxygens (including phenoxy) is 3. The fourth-order valence-corrected chi connectivity index (χ4v) is 6.43. The minimum Gasteiger partial charge on any atom is -1.00 e. The van der Waals surface area contributed by atoms with Crippen LogP contribution in [0.5, 0.6) is 0 Å². The Morgan fingerprint density at radius 1 is 1.19 bits per heavy atom. The van der Waals surface area contributed by atoms with Crippen LogP contribution in [0.4, 0.5) is 0 Å². The van der Waals surface area contributed by atoms with Crippen LogP contribution in [0.1, 0.15) is 26.6 Å². The second-order valence-electron chi connectivity index (χ2n) is 7.93. The summed E-state index contributed by atoms with van der Waals surface area (Å²) in [6.07, 6.45) is -0.0290. The Morgan fingerprint density at radius 2 is 1.84 bits per heavy atom. The van der Waals surface area contributed by atoms with Crippen molar-refractivity contribution in [2.75, 3.05) is 26.9 Å². The van der Waals surface area contributed by atoms with Crippen molar-refractivity contribution in [2.24, 2.45) is 5.92 Å². The van der Waals surface area contributed by atoms with Gasteiger partial charge in [0.2, 0.25) is 5.91 Å². The molecule has 1 fully saturated rings. The Labute approximate surface area is 235 Å². The van der Waals surface area contributed by atoms with Crippen LogP contribution in [0, 0.1) is 5.92 Å². The minimum atomic E-state index is -1.35. The van der Waals surface area contributed by atoms with Gasteiger partial charge in [0.05, 0.1) is 26.2 Å².